The van der Waals surface area contributed by atoms with E-state index in [1.807, 2.05) is 52.0 Å². The molecule has 2 heterocycles. The maximum Gasteiger partial charge on any atom is 0.407 e. The second-order valence-corrected chi connectivity index (χ2v) is 10.2. The summed E-state index contributed by atoms with van der Waals surface area (Å²) >= 11 is 0. The Hall–Kier alpha value is -3.13. The van der Waals surface area contributed by atoms with E-state index < -0.39 is 11.7 Å². The van der Waals surface area contributed by atoms with Crippen LogP contribution in [0.15, 0.2) is 35.3 Å². The number of nitrogens with one attached hydrogen (secondary N) is 1. The van der Waals surface area contributed by atoms with Crippen LogP contribution in [0.5, 0.6) is 5.75 Å². The fourth-order valence-corrected chi connectivity index (χ4v) is 4.17. The fraction of sp³-hybridized carbons (Fsp3) is 0.519. The molecule has 0 unspecified atom stereocenters. The Morgan fingerprint density at radius 1 is 1.17 bits per heavy atom. The van der Waals surface area contributed by atoms with Gasteiger partial charge in [0.2, 0.25) is 0 Å². The van der Waals surface area contributed by atoms with E-state index >= 15 is 0 Å². The van der Waals surface area contributed by atoms with Gasteiger partial charge in [0.05, 0.1) is 29.2 Å². The summed E-state index contributed by atoms with van der Waals surface area (Å²) in [7, 11) is 1.61. The summed E-state index contributed by atoms with van der Waals surface area (Å²) in [5.41, 5.74) is 0.791. The third kappa shape index (κ3) is 6.72. The highest BCUT2D eigenvalue weighted by atomic mass is 16.6. The Labute approximate surface area is 206 Å². The molecular weight excluding hydrogens is 446 g/mol. The summed E-state index contributed by atoms with van der Waals surface area (Å²) in [6.07, 6.45) is 2.00. The van der Waals surface area contributed by atoms with E-state index in [9.17, 15) is 9.59 Å². The van der Waals surface area contributed by atoms with E-state index in [2.05, 4.69) is 24.1 Å². The number of hydrogen-bond donors (Lipinski definition) is 1. The smallest absolute Gasteiger partial charge is 0.407 e. The average Bonchev–Trinajstić information content (AvgIpc) is 2.75. The van der Waals surface area contributed by atoms with Crippen LogP contribution in [-0.2, 0) is 16.0 Å². The van der Waals surface area contributed by atoms with Gasteiger partial charge < -0.3 is 24.1 Å². The minimum Gasteiger partial charge on any atom is -0.491 e. The molecule has 0 bridgehead atoms. The second kappa shape index (κ2) is 11.1. The van der Waals surface area contributed by atoms with Crippen molar-refractivity contribution in [3.05, 3.63) is 46.5 Å². The molecule has 1 atom stereocenters. The van der Waals surface area contributed by atoms with Crippen molar-refractivity contribution in [3.8, 4) is 5.75 Å². The van der Waals surface area contributed by atoms with Gasteiger partial charge in [0.1, 0.15) is 18.0 Å². The van der Waals surface area contributed by atoms with E-state index in [0.29, 0.717) is 35.9 Å². The van der Waals surface area contributed by atoms with Crippen LogP contribution >= 0.6 is 0 Å². The van der Waals surface area contributed by atoms with Gasteiger partial charge in [0, 0.05) is 31.3 Å². The lowest BCUT2D eigenvalue weighted by atomic mass is 10.0. The zero-order valence-electron chi connectivity index (χ0n) is 21.8. The first-order valence-electron chi connectivity index (χ1n) is 12.0. The minimum atomic E-state index is -0.575. The third-order valence-electron chi connectivity index (χ3n) is 5.60. The molecule has 2 aromatic heterocycles. The number of aryl methyl sites for hydroxylation is 1. The summed E-state index contributed by atoms with van der Waals surface area (Å²) in [6, 6.07) is 7.39. The first-order valence-corrected chi connectivity index (χ1v) is 12.0. The number of ether oxygens (including phenoxy) is 3. The van der Waals surface area contributed by atoms with Gasteiger partial charge in [-0.3, -0.25) is 9.78 Å². The van der Waals surface area contributed by atoms with Gasteiger partial charge in [-0.25, -0.2) is 4.79 Å². The molecule has 0 radical (unpaired) electrons. The Morgan fingerprint density at radius 2 is 1.91 bits per heavy atom. The number of nitrogens with zero attached hydrogens (tertiary/aromatic N) is 2. The highest BCUT2D eigenvalue weighted by Gasteiger charge is 2.21. The van der Waals surface area contributed by atoms with Crippen LogP contribution < -0.4 is 15.6 Å². The molecule has 0 saturated heterocycles. The van der Waals surface area contributed by atoms with E-state index in [1.165, 1.54) is 0 Å². The molecule has 0 saturated carbocycles. The summed E-state index contributed by atoms with van der Waals surface area (Å²) in [6.45, 7) is 12.6. The lowest BCUT2D eigenvalue weighted by molar-refractivity contribution is 0.0480. The highest BCUT2D eigenvalue weighted by Crippen LogP contribution is 2.27. The van der Waals surface area contributed by atoms with Crippen LogP contribution in [0.2, 0.25) is 0 Å². The Balaban J connectivity index is 1.93. The van der Waals surface area contributed by atoms with Crippen LogP contribution in [0.4, 0.5) is 4.79 Å². The Bertz CT molecular complexity index is 1240. The molecular formula is C27H37N3O5. The third-order valence-corrected chi connectivity index (χ3v) is 5.60. The van der Waals surface area contributed by atoms with Gasteiger partial charge >= 0.3 is 6.09 Å². The van der Waals surface area contributed by atoms with E-state index in [4.69, 9.17) is 14.2 Å². The van der Waals surface area contributed by atoms with Crippen molar-refractivity contribution in [2.75, 3.05) is 20.3 Å². The molecule has 1 amide bonds. The van der Waals surface area contributed by atoms with Crippen LogP contribution in [0.25, 0.3) is 21.7 Å². The summed E-state index contributed by atoms with van der Waals surface area (Å²) in [5.74, 6) is 0.977. The van der Waals surface area contributed by atoms with Gasteiger partial charge in [-0.1, -0.05) is 13.8 Å². The first-order chi connectivity index (χ1) is 16.5. The predicted molar refractivity (Wildman–Crippen MR) is 138 cm³/mol. The number of methoxy groups -OCH3 is 1. The molecule has 8 heteroatoms. The van der Waals surface area contributed by atoms with Crippen molar-refractivity contribution >= 4 is 27.8 Å². The number of alkyl carbamates (subject to hydrolysis) is 1. The van der Waals surface area contributed by atoms with Crippen molar-refractivity contribution in [3.63, 3.8) is 0 Å². The molecule has 0 aliphatic carbocycles. The van der Waals surface area contributed by atoms with Gasteiger partial charge in [0.15, 0.2) is 0 Å². The minimum absolute atomic E-state index is 0.100. The van der Waals surface area contributed by atoms with Gasteiger partial charge in [-0.05, 0) is 63.6 Å². The molecule has 0 spiro atoms. The Kier molecular flexibility index (Phi) is 8.38. The zero-order valence-corrected chi connectivity index (χ0v) is 21.8. The number of aromatic nitrogens is 2. The largest absolute Gasteiger partial charge is 0.491 e. The number of hydrogen-bond acceptors (Lipinski definition) is 6. The summed E-state index contributed by atoms with van der Waals surface area (Å²) in [5, 5.41) is 5.35. The van der Waals surface area contributed by atoms with E-state index in [1.54, 1.807) is 17.9 Å². The number of rotatable bonds is 9. The maximum absolute atomic E-state index is 13.4. The monoisotopic (exact) mass is 483 g/mol. The average molecular weight is 484 g/mol. The highest BCUT2D eigenvalue weighted by molar-refractivity contribution is 6.06. The number of fused-ring (bicyclic) bond motifs is 3. The van der Waals surface area contributed by atoms with Crippen molar-refractivity contribution < 1.29 is 19.0 Å². The molecule has 1 aromatic carbocycles. The topological polar surface area (TPSA) is 91.7 Å². The lowest BCUT2D eigenvalue weighted by Gasteiger charge is -2.25. The lowest BCUT2D eigenvalue weighted by Crippen LogP contribution is -2.42. The fourth-order valence-electron chi connectivity index (χ4n) is 4.17. The van der Waals surface area contributed by atoms with Crippen LogP contribution in [0, 0.1) is 12.8 Å². The van der Waals surface area contributed by atoms with Crippen molar-refractivity contribution in [2.24, 2.45) is 5.92 Å². The standard InChI is InChI=1S/C27H37N3O5/c1-17(2)14-19(29-26(32)35-27(4,5)6)16-34-20-8-9-21-22-10-11-28-18(3)24(22)25(31)30(12-13-33-7)23(21)15-20/h8-11,15,17,19H,12-14,16H2,1-7H3,(H,29,32)/t19-/m0/s1. The molecule has 0 aliphatic heterocycles. The molecule has 1 N–H and O–H groups in total. The van der Waals surface area contributed by atoms with E-state index in [0.717, 1.165) is 22.7 Å². The number of pyridine rings is 2. The molecule has 3 rings (SSSR count). The number of benzene rings is 1. The molecule has 35 heavy (non-hydrogen) atoms. The molecule has 3 aromatic rings. The van der Waals surface area contributed by atoms with E-state index in [-0.39, 0.29) is 18.2 Å². The van der Waals surface area contributed by atoms with Crippen molar-refractivity contribution in [1.82, 2.24) is 14.9 Å². The van der Waals surface area contributed by atoms with Crippen LogP contribution in [-0.4, -0.2) is 47.6 Å². The molecule has 0 aliphatic rings. The number of amides is 1. The van der Waals surface area contributed by atoms with Gasteiger partial charge in [0.25, 0.3) is 5.56 Å². The van der Waals surface area contributed by atoms with Gasteiger partial charge in [-0.2, -0.15) is 0 Å². The van der Waals surface area contributed by atoms with Crippen LogP contribution in [0.3, 0.4) is 0 Å². The molecule has 8 nitrogen and oxygen atoms in total. The molecule has 190 valence electrons. The SMILES string of the molecule is COCCn1c(=O)c2c(C)nccc2c2ccc(OC[C@H](CC(C)C)NC(=O)OC(C)(C)C)cc21. The zero-order chi connectivity index (χ0) is 25.8. The predicted octanol–water partition coefficient (Wildman–Crippen LogP) is 4.82. The van der Waals surface area contributed by atoms with Gasteiger partial charge in [-0.15, -0.1) is 0 Å². The normalized spacial score (nSPS) is 12.8. The number of carbonyl (C=O) groups is 1. The summed E-state index contributed by atoms with van der Waals surface area (Å²) in [4.78, 5) is 30.0. The molecule has 0 fully saturated rings. The van der Waals surface area contributed by atoms with Crippen molar-refractivity contribution in [1.29, 1.82) is 0 Å². The number of carbonyl (C=O) groups excluding carboxylic acids is 1. The summed E-state index contributed by atoms with van der Waals surface area (Å²) < 4.78 is 18.5. The first kappa shape index (κ1) is 26.5. The van der Waals surface area contributed by atoms with Crippen LogP contribution in [0.1, 0.15) is 46.7 Å². The van der Waals surface area contributed by atoms with Crippen molar-refractivity contribution in [2.45, 2.75) is 66.2 Å². The quantitative estimate of drug-likeness (QED) is 0.439. The second-order valence-electron chi connectivity index (χ2n) is 10.2. The Morgan fingerprint density at radius 3 is 2.57 bits per heavy atom. The maximum atomic E-state index is 13.4.